The normalized spacial score (nSPS) is 15.8. The molecule has 1 N–H and O–H groups in total. The summed E-state index contributed by atoms with van der Waals surface area (Å²) in [6, 6.07) is 0. The quantitative estimate of drug-likeness (QED) is 0.314. The zero-order valence-electron chi connectivity index (χ0n) is 15.3. The molecule has 0 saturated carbocycles. The molecule has 0 spiro atoms. The van der Waals surface area contributed by atoms with Gasteiger partial charge in [-0.15, -0.1) is 0 Å². The summed E-state index contributed by atoms with van der Waals surface area (Å²) in [6.45, 7) is 12.5. The largest absolute Gasteiger partial charge is 0.481 e. The maximum absolute atomic E-state index is 11.1. The Hall–Kier alpha value is -1.40. The predicted octanol–water partition coefficient (Wildman–Crippen LogP) is 3.77. The fourth-order valence-electron chi connectivity index (χ4n) is 1.63. The molecule has 2 atom stereocenters. The van der Waals surface area contributed by atoms with Gasteiger partial charge in [0.2, 0.25) is 0 Å². The predicted molar refractivity (Wildman–Crippen MR) is 93.8 cm³/mol. The molecule has 0 aliphatic carbocycles. The Labute approximate surface area is 140 Å². The number of hydrogen-bond donors (Lipinski definition) is 1. The fraction of sp³-hybridized carbons (Fsp3) is 0.647. The van der Waals surface area contributed by atoms with Crippen molar-refractivity contribution < 1.29 is 23.9 Å². The summed E-state index contributed by atoms with van der Waals surface area (Å²) in [5.74, 6) is -1.39. The highest BCUT2D eigenvalue weighted by Gasteiger charge is 2.40. The van der Waals surface area contributed by atoms with Gasteiger partial charge in [-0.25, -0.2) is 4.79 Å². The Morgan fingerprint density at radius 3 is 2.22 bits per heavy atom. The van der Waals surface area contributed by atoms with Crippen molar-refractivity contribution in [1.29, 1.82) is 0 Å². The lowest BCUT2D eigenvalue weighted by atomic mass is 10.0. The molecule has 0 bridgehead atoms. The average Bonchev–Trinajstić information content (AvgIpc) is 2.40. The smallest absolute Gasteiger partial charge is 0.330 e. The van der Waals surface area contributed by atoms with Crippen molar-refractivity contribution in [2.75, 3.05) is 7.11 Å². The van der Waals surface area contributed by atoms with Crippen LogP contribution in [0.1, 0.15) is 34.1 Å². The maximum atomic E-state index is 11.1. The minimum Gasteiger partial charge on any atom is -0.481 e. The number of carboxylic acid groups (broad SMARTS) is 1. The van der Waals surface area contributed by atoms with Crippen LogP contribution in [0.15, 0.2) is 24.3 Å². The number of esters is 1. The second-order valence-electron chi connectivity index (χ2n) is 7.14. The number of ether oxygens (including phenoxy) is 1. The van der Waals surface area contributed by atoms with Crippen molar-refractivity contribution in [2.24, 2.45) is 5.92 Å². The van der Waals surface area contributed by atoms with Gasteiger partial charge in [-0.3, -0.25) is 4.79 Å². The van der Waals surface area contributed by atoms with Crippen molar-refractivity contribution in [1.82, 2.24) is 0 Å². The van der Waals surface area contributed by atoms with Gasteiger partial charge < -0.3 is 14.3 Å². The highest BCUT2D eigenvalue weighted by molar-refractivity contribution is 6.74. The van der Waals surface area contributed by atoms with Crippen molar-refractivity contribution in [3.8, 4) is 0 Å². The van der Waals surface area contributed by atoms with E-state index in [2.05, 4.69) is 38.6 Å². The van der Waals surface area contributed by atoms with Gasteiger partial charge in [-0.2, -0.15) is 0 Å². The summed E-state index contributed by atoms with van der Waals surface area (Å²) in [5.41, 5.74) is 0. The number of carbonyl (C=O) groups excluding carboxylic acids is 1. The van der Waals surface area contributed by atoms with Crippen LogP contribution in [0.4, 0.5) is 0 Å². The molecular weight excluding hydrogens is 312 g/mol. The summed E-state index contributed by atoms with van der Waals surface area (Å²) in [6.07, 6.45) is 6.01. The van der Waals surface area contributed by atoms with Gasteiger partial charge in [0.1, 0.15) is 0 Å². The molecule has 5 nitrogen and oxygen atoms in total. The standard InChI is InChI=1S/C17H30O5Si/c1-13(10-8-9-11-16(20)21-5)14(12-15(18)19)22-23(6,7)17(2,3)4/h8-11,13-14H,12H2,1-7H3,(H,18,19)/b10-8+,11-9-/t13-,14+/m1/s1. The average molecular weight is 343 g/mol. The van der Waals surface area contributed by atoms with Crippen molar-refractivity contribution >= 4 is 20.3 Å². The molecule has 0 aliphatic rings. The van der Waals surface area contributed by atoms with Gasteiger partial charge in [-0.05, 0) is 24.1 Å². The molecular formula is C17H30O5Si. The SMILES string of the molecule is COC(=O)/C=C\C=C\[C@@H](C)[C@H](CC(=O)O)O[Si](C)(C)C(C)(C)C. The van der Waals surface area contributed by atoms with E-state index in [4.69, 9.17) is 9.53 Å². The Kier molecular flexibility index (Phi) is 8.48. The lowest BCUT2D eigenvalue weighted by Gasteiger charge is -2.40. The molecule has 0 rings (SSSR count). The Morgan fingerprint density at radius 1 is 1.22 bits per heavy atom. The van der Waals surface area contributed by atoms with E-state index in [0.717, 1.165) is 0 Å². The van der Waals surface area contributed by atoms with Crippen LogP contribution in [0.5, 0.6) is 0 Å². The zero-order valence-corrected chi connectivity index (χ0v) is 16.3. The van der Waals surface area contributed by atoms with E-state index < -0.39 is 26.4 Å². The molecule has 0 saturated heterocycles. The number of hydrogen-bond acceptors (Lipinski definition) is 4. The molecule has 0 amide bonds. The van der Waals surface area contributed by atoms with Crippen LogP contribution >= 0.6 is 0 Å². The Balaban J connectivity index is 5.03. The third-order valence-corrected chi connectivity index (χ3v) is 8.68. The number of rotatable bonds is 8. The molecule has 0 aromatic heterocycles. The van der Waals surface area contributed by atoms with Crippen LogP contribution in [0.3, 0.4) is 0 Å². The second kappa shape index (κ2) is 9.03. The van der Waals surface area contributed by atoms with Gasteiger partial charge in [0.25, 0.3) is 0 Å². The Bertz CT molecular complexity index is 460. The number of carboxylic acids is 1. The molecule has 6 heteroatoms. The molecule has 0 aromatic rings. The third-order valence-electron chi connectivity index (χ3n) is 4.17. The first-order chi connectivity index (χ1) is 10.4. The highest BCUT2D eigenvalue weighted by Crippen LogP contribution is 2.38. The lowest BCUT2D eigenvalue weighted by molar-refractivity contribution is -0.139. The van der Waals surface area contributed by atoms with Crippen LogP contribution in [0, 0.1) is 5.92 Å². The van der Waals surface area contributed by atoms with Crippen molar-refractivity contribution in [2.45, 2.75) is 58.4 Å². The minimum absolute atomic E-state index is 0.0119. The van der Waals surface area contributed by atoms with Gasteiger partial charge in [0.05, 0.1) is 19.6 Å². The first-order valence-corrected chi connectivity index (χ1v) is 10.6. The second-order valence-corrected chi connectivity index (χ2v) is 11.9. The van der Waals surface area contributed by atoms with E-state index in [1.165, 1.54) is 13.2 Å². The maximum Gasteiger partial charge on any atom is 0.330 e. The van der Waals surface area contributed by atoms with E-state index in [9.17, 15) is 9.59 Å². The van der Waals surface area contributed by atoms with Crippen LogP contribution < -0.4 is 0 Å². The Morgan fingerprint density at radius 2 is 1.78 bits per heavy atom. The summed E-state index contributed by atoms with van der Waals surface area (Å²) in [7, 11) is -0.744. The van der Waals surface area contributed by atoms with Crippen LogP contribution in [0.2, 0.25) is 18.1 Å². The molecule has 132 valence electrons. The fourth-order valence-corrected chi connectivity index (χ4v) is 3.04. The molecule has 0 aliphatic heterocycles. The van der Waals surface area contributed by atoms with E-state index in [1.54, 1.807) is 12.2 Å². The van der Waals surface area contributed by atoms with Crippen molar-refractivity contribution in [3.63, 3.8) is 0 Å². The van der Waals surface area contributed by atoms with Crippen LogP contribution in [-0.2, 0) is 18.8 Å². The van der Waals surface area contributed by atoms with Gasteiger partial charge in [0, 0.05) is 6.08 Å². The number of methoxy groups -OCH3 is 1. The minimum atomic E-state index is -2.06. The molecule has 0 fully saturated rings. The number of carbonyl (C=O) groups is 2. The summed E-state index contributed by atoms with van der Waals surface area (Å²) in [5, 5.41) is 9.16. The zero-order chi connectivity index (χ0) is 18.3. The first kappa shape index (κ1) is 21.6. The van der Waals surface area contributed by atoms with Crippen molar-refractivity contribution in [3.05, 3.63) is 24.3 Å². The highest BCUT2D eigenvalue weighted by atomic mass is 28.4. The van der Waals surface area contributed by atoms with Crippen LogP contribution in [0.25, 0.3) is 0 Å². The first-order valence-electron chi connectivity index (χ1n) is 7.73. The number of aliphatic carboxylic acids is 1. The monoisotopic (exact) mass is 342 g/mol. The summed E-state index contributed by atoms with van der Waals surface area (Å²) in [4.78, 5) is 22.1. The lowest BCUT2D eigenvalue weighted by Crippen LogP contribution is -2.45. The molecule has 0 aromatic carbocycles. The topological polar surface area (TPSA) is 72.8 Å². The van der Waals surface area contributed by atoms with E-state index in [0.29, 0.717) is 0 Å². The third kappa shape index (κ3) is 8.13. The molecule has 23 heavy (non-hydrogen) atoms. The molecule has 0 unspecified atom stereocenters. The van der Waals surface area contributed by atoms with Gasteiger partial charge in [0.15, 0.2) is 8.32 Å². The van der Waals surface area contributed by atoms with Crippen LogP contribution in [-0.4, -0.2) is 38.6 Å². The number of allylic oxidation sites excluding steroid dienone is 2. The van der Waals surface area contributed by atoms with E-state index in [-0.39, 0.29) is 17.4 Å². The summed E-state index contributed by atoms with van der Waals surface area (Å²) >= 11 is 0. The molecule has 0 radical (unpaired) electrons. The summed E-state index contributed by atoms with van der Waals surface area (Å²) < 4.78 is 10.8. The van der Waals surface area contributed by atoms with Gasteiger partial charge >= 0.3 is 11.9 Å². The van der Waals surface area contributed by atoms with Gasteiger partial charge in [-0.1, -0.05) is 45.9 Å². The van der Waals surface area contributed by atoms with E-state index >= 15 is 0 Å². The molecule has 0 heterocycles. The van der Waals surface area contributed by atoms with E-state index in [1.807, 2.05) is 13.0 Å².